The third-order valence-corrected chi connectivity index (χ3v) is 3.19. The summed E-state index contributed by atoms with van der Waals surface area (Å²) in [6, 6.07) is 11.7. The summed E-state index contributed by atoms with van der Waals surface area (Å²) in [4.78, 5) is 4.45. The molecule has 2 nitrogen and oxygen atoms in total. The molecule has 2 aromatic carbocycles. The third kappa shape index (κ3) is 2.43. The van der Waals surface area contributed by atoms with Crippen molar-refractivity contribution in [2.45, 2.75) is 20.8 Å². The molecule has 0 aliphatic rings. The summed E-state index contributed by atoms with van der Waals surface area (Å²) in [5, 5.41) is 9.91. The van der Waals surface area contributed by atoms with Gasteiger partial charge in [-0.15, -0.1) is 0 Å². The van der Waals surface area contributed by atoms with Gasteiger partial charge in [-0.05, 0) is 49.6 Å². The second-order valence-electron chi connectivity index (χ2n) is 4.49. The van der Waals surface area contributed by atoms with Crippen LogP contribution in [-0.4, -0.2) is 11.3 Å². The number of aliphatic imine (C=N–C) groups is 1. The first-order valence-corrected chi connectivity index (χ1v) is 5.98. The van der Waals surface area contributed by atoms with Gasteiger partial charge >= 0.3 is 0 Å². The topological polar surface area (TPSA) is 32.6 Å². The van der Waals surface area contributed by atoms with Crippen molar-refractivity contribution in [3.63, 3.8) is 0 Å². The summed E-state index contributed by atoms with van der Waals surface area (Å²) >= 11 is 0. The van der Waals surface area contributed by atoms with Crippen molar-refractivity contribution >= 4 is 11.9 Å². The standard InChI is InChI=1S/C16H17NO/c1-11-6-5-9-15(13(11)3)17-10-14-8-4-7-12(2)16(14)18/h4-10,18H,1-3H3. The minimum Gasteiger partial charge on any atom is -0.507 e. The van der Waals surface area contributed by atoms with Gasteiger partial charge < -0.3 is 5.11 Å². The summed E-state index contributed by atoms with van der Waals surface area (Å²) in [5.74, 6) is 0.298. The number of aromatic hydroxyl groups is 1. The lowest BCUT2D eigenvalue weighted by Crippen LogP contribution is -1.86. The van der Waals surface area contributed by atoms with Crippen molar-refractivity contribution in [2.24, 2.45) is 4.99 Å². The fourth-order valence-corrected chi connectivity index (χ4v) is 1.80. The van der Waals surface area contributed by atoms with E-state index in [0.717, 1.165) is 16.8 Å². The van der Waals surface area contributed by atoms with E-state index in [1.807, 2.05) is 37.3 Å². The molecule has 0 unspecified atom stereocenters. The Kier molecular flexibility index (Phi) is 3.47. The van der Waals surface area contributed by atoms with E-state index < -0.39 is 0 Å². The molecule has 0 saturated carbocycles. The predicted molar refractivity (Wildman–Crippen MR) is 76.0 cm³/mol. The fourth-order valence-electron chi connectivity index (χ4n) is 1.80. The van der Waals surface area contributed by atoms with E-state index in [9.17, 15) is 5.11 Å². The molecule has 0 aromatic heterocycles. The summed E-state index contributed by atoms with van der Waals surface area (Å²) in [5.41, 5.74) is 4.94. The summed E-state index contributed by atoms with van der Waals surface area (Å²) in [6.07, 6.45) is 1.71. The van der Waals surface area contributed by atoms with Crippen LogP contribution in [0.4, 0.5) is 5.69 Å². The summed E-state index contributed by atoms with van der Waals surface area (Å²) in [6.45, 7) is 6.00. The second kappa shape index (κ2) is 5.05. The van der Waals surface area contributed by atoms with Crippen LogP contribution in [0.1, 0.15) is 22.3 Å². The minimum absolute atomic E-state index is 0.298. The number of nitrogens with zero attached hydrogens (tertiary/aromatic N) is 1. The molecule has 0 heterocycles. The average molecular weight is 239 g/mol. The Morgan fingerprint density at radius 1 is 0.944 bits per heavy atom. The van der Waals surface area contributed by atoms with Crippen molar-refractivity contribution in [3.8, 4) is 5.75 Å². The molecule has 0 bridgehead atoms. The smallest absolute Gasteiger partial charge is 0.127 e. The van der Waals surface area contributed by atoms with Crippen molar-refractivity contribution in [1.82, 2.24) is 0 Å². The molecule has 92 valence electrons. The highest BCUT2D eigenvalue weighted by atomic mass is 16.3. The van der Waals surface area contributed by atoms with Crippen LogP contribution in [0.25, 0.3) is 0 Å². The number of hydrogen-bond acceptors (Lipinski definition) is 2. The van der Waals surface area contributed by atoms with Crippen molar-refractivity contribution < 1.29 is 5.11 Å². The van der Waals surface area contributed by atoms with Gasteiger partial charge in [0.25, 0.3) is 0 Å². The van der Waals surface area contributed by atoms with Crippen molar-refractivity contribution in [1.29, 1.82) is 0 Å². The third-order valence-electron chi connectivity index (χ3n) is 3.19. The normalized spacial score (nSPS) is 11.1. The van der Waals surface area contributed by atoms with Gasteiger partial charge in [0.2, 0.25) is 0 Å². The van der Waals surface area contributed by atoms with Gasteiger partial charge in [0.05, 0.1) is 5.69 Å². The number of rotatable bonds is 2. The summed E-state index contributed by atoms with van der Waals surface area (Å²) < 4.78 is 0. The average Bonchev–Trinajstić information content (AvgIpc) is 2.36. The number of hydrogen-bond donors (Lipinski definition) is 1. The number of phenolic OH excluding ortho intramolecular Hbond substituents is 1. The number of phenols is 1. The molecule has 0 aliphatic carbocycles. The van der Waals surface area contributed by atoms with Crippen LogP contribution in [0, 0.1) is 20.8 Å². The number of aryl methyl sites for hydroxylation is 2. The van der Waals surface area contributed by atoms with Gasteiger partial charge in [-0.25, -0.2) is 0 Å². The van der Waals surface area contributed by atoms with Crippen LogP contribution >= 0.6 is 0 Å². The largest absolute Gasteiger partial charge is 0.507 e. The number of para-hydroxylation sites is 1. The van der Waals surface area contributed by atoms with Crippen LogP contribution in [-0.2, 0) is 0 Å². The monoisotopic (exact) mass is 239 g/mol. The van der Waals surface area contributed by atoms with Gasteiger partial charge in [0.1, 0.15) is 5.75 Å². The van der Waals surface area contributed by atoms with Crippen LogP contribution in [0.3, 0.4) is 0 Å². The van der Waals surface area contributed by atoms with Crippen LogP contribution in [0.15, 0.2) is 41.4 Å². The molecule has 0 spiro atoms. The molecule has 1 N–H and O–H groups in total. The van der Waals surface area contributed by atoms with E-state index in [-0.39, 0.29) is 0 Å². The van der Waals surface area contributed by atoms with E-state index >= 15 is 0 Å². The molecule has 0 amide bonds. The van der Waals surface area contributed by atoms with Crippen LogP contribution in [0.2, 0.25) is 0 Å². The maximum atomic E-state index is 9.91. The van der Waals surface area contributed by atoms with Gasteiger partial charge in [0, 0.05) is 11.8 Å². The van der Waals surface area contributed by atoms with Gasteiger partial charge in [0.15, 0.2) is 0 Å². The molecule has 2 aromatic rings. The van der Waals surface area contributed by atoms with E-state index in [4.69, 9.17) is 0 Å². The lowest BCUT2D eigenvalue weighted by molar-refractivity contribution is 0.470. The lowest BCUT2D eigenvalue weighted by atomic mass is 10.1. The van der Waals surface area contributed by atoms with E-state index in [2.05, 4.69) is 24.9 Å². The Balaban J connectivity index is 2.36. The Morgan fingerprint density at radius 3 is 2.39 bits per heavy atom. The molecule has 2 rings (SSSR count). The lowest BCUT2D eigenvalue weighted by Gasteiger charge is -2.04. The molecule has 0 aliphatic heterocycles. The SMILES string of the molecule is Cc1cccc(N=Cc2cccc(C)c2O)c1C. The molecule has 0 radical (unpaired) electrons. The first-order valence-electron chi connectivity index (χ1n) is 5.98. The van der Waals surface area contributed by atoms with E-state index in [1.54, 1.807) is 6.21 Å². The Morgan fingerprint density at radius 2 is 1.61 bits per heavy atom. The zero-order chi connectivity index (χ0) is 13.1. The molecule has 0 atom stereocenters. The molecule has 2 heteroatoms. The second-order valence-corrected chi connectivity index (χ2v) is 4.49. The fraction of sp³-hybridized carbons (Fsp3) is 0.188. The van der Waals surface area contributed by atoms with Crippen LogP contribution < -0.4 is 0 Å². The molecular weight excluding hydrogens is 222 g/mol. The quantitative estimate of drug-likeness (QED) is 0.787. The van der Waals surface area contributed by atoms with Gasteiger partial charge in [-0.3, -0.25) is 4.99 Å². The van der Waals surface area contributed by atoms with Gasteiger partial charge in [-0.2, -0.15) is 0 Å². The zero-order valence-corrected chi connectivity index (χ0v) is 10.9. The van der Waals surface area contributed by atoms with Crippen LogP contribution in [0.5, 0.6) is 5.75 Å². The van der Waals surface area contributed by atoms with Crippen molar-refractivity contribution in [2.75, 3.05) is 0 Å². The van der Waals surface area contributed by atoms with E-state index in [0.29, 0.717) is 5.75 Å². The maximum Gasteiger partial charge on any atom is 0.127 e. The highest BCUT2D eigenvalue weighted by Gasteiger charge is 2.01. The molecule has 0 saturated heterocycles. The maximum absolute atomic E-state index is 9.91. The number of benzene rings is 2. The first kappa shape index (κ1) is 12.4. The Hall–Kier alpha value is -2.09. The highest BCUT2D eigenvalue weighted by Crippen LogP contribution is 2.23. The summed E-state index contributed by atoms with van der Waals surface area (Å²) in [7, 11) is 0. The van der Waals surface area contributed by atoms with Gasteiger partial charge in [-0.1, -0.05) is 24.3 Å². The first-order chi connectivity index (χ1) is 8.59. The van der Waals surface area contributed by atoms with Crippen molar-refractivity contribution in [3.05, 3.63) is 58.7 Å². The predicted octanol–water partition coefficient (Wildman–Crippen LogP) is 4.07. The molecule has 0 fully saturated rings. The van der Waals surface area contributed by atoms with E-state index in [1.165, 1.54) is 11.1 Å². The molecular formula is C16H17NO. The Labute approximate surface area is 108 Å². The molecule has 18 heavy (non-hydrogen) atoms. The minimum atomic E-state index is 0.298. The highest BCUT2D eigenvalue weighted by molar-refractivity contribution is 5.86. The Bertz CT molecular complexity index is 547. The zero-order valence-electron chi connectivity index (χ0n) is 10.9.